The largest absolute Gasteiger partial charge is 0.374 e. The van der Waals surface area contributed by atoms with Crippen molar-refractivity contribution in [1.29, 1.82) is 5.41 Å². The van der Waals surface area contributed by atoms with E-state index >= 15 is 0 Å². The molecule has 2 heterocycles. The van der Waals surface area contributed by atoms with Gasteiger partial charge in [0, 0.05) is 31.7 Å². The van der Waals surface area contributed by atoms with Crippen molar-refractivity contribution >= 4 is 5.84 Å². The second kappa shape index (κ2) is 5.31. The molecule has 0 saturated carbocycles. The van der Waals surface area contributed by atoms with E-state index in [0.717, 1.165) is 44.9 Å². The number of ether oxygens (including phenoxy) is 1. The molecular weight excluding hydrogens is 238 g/mol. The standard InChI is InChI=1S/C15H21N3O/c1-2-17-7-8-19-13(10-17)11-18-9-12-5-3-4-6-14(12)15(18)16/h3-6,13,16H,2,7-11H2,1H3. The third kappa shape index (κ3) is 2.51. The first-order valence-electron chi connectivity index (χ1n) is 7.03. The van der Waals surface area contributed by atoms with Gasteiger partial charge in [0.25, 0.3) is 0 Å². The van der Waals surface area contributed by atoms with Crippen LogP contribution in [0, 0.1) is 5.41 Å². The highest BCUT2D eigenvalue weighted by Crippen LogP contribution is 2.23. The Balaban J connectivity index is 1.64. The fourth-order valence-corrected chi connectivity index (χ4v) is 2.92. The van der Waals surface area contributed by atoms with E-state index in [4.69, 9.17) is 10.1 Å². The Labute approximate surface area is 114 Å². The van der Waals surface area contributed by atoms with E-state index in [1.165, 1.54) is 5.56 Å². The van der Waals surface area contributed by atoms with Gasteiger partial charge in [0.2, 0.25) is 0 Å². The molecule has 0 radical (unpaired) electrons. The smallest absolute Gasteiger partial charge is 0.128 e. The van der Waals surface area contributed by atoms with Crippen LogP contribution in [0.4, 0.5) is 0 Å². The molecule has 1 atom stereocenters. The molecule has 1 N–H and O–H groups in total. The quantitative estimate of drug-likeness (QED) is 0.895. The van der Waals surface area contributed by atoms with E-state index in [2.05, 4.69) is 22.8 Å². The van der Waals surface area contributed by atoms with Crippen molar-refractivity contribution in [3.63, 3.8) is 0 Å². The van der Waals surface area contributed by atoms with Crippen molar-refractivity contribution in [3.8, 4) is 0 Å². The summed E-state index contributed by atoms with van der Waals surface area (Å²) < 4.78 is 5.84. The number of nitrogens with one attached hydrogen (secondary N) is 1. The van der Waals surface area contributed by atoms with Gasteiger partial charge in [-0.3, -0.25) is 10.3 Å². The molecule has 102 valence electrons. The van der Waals surface area contributed by atoms with E-state index in [0.29, 0.717) is 5.84 Å². The van der Waals surface area contributed by atoms with E-state index in [1.54, 1.807) is 0 Å². The van der Waals surface area contributed by atoms with Crippen LogP contribution in [0.3, 0.4) is 0 Å². The third-order valence-electron chi connectivity index (χ3n) is 4.04. The highest BCUT2D eigenvalue weighted by Gasteiger charge is 2.28. The first-order chi connectivity index (χ1) is 9.28. The van der Waals surface area contributed by atoms with Gasteiger partial charge in [-0.15, -0.1) is 0 Å². The Hall–Kier alpha value is -1.39. The maximum atomic E-state index is 8.26. The summed E-state index contributed by atoms with van der Waals surface area (Å²) >= 11 is 0. The Morgan fingerprint density at radius 1 is 1.37 bits per heavy atom. The zero-order valence-corrected chi connectivity index (χ0v) is 11.4. The van der Waals surface area contributed by atoms with Crippen LogP contribution < -0.4 is 0 Å². The topological polar surface area (TPSA) is 39.6 Å². The minimum atomic E-state index is 0.225. The molecule has 3 rings (SSSR count). The van der Waals surface area contributed by atoms with Gasteiger partial charge in [-0.05, 0) is 12.1 Å². The van der Waals surface area contributed by atoms with Crippen LogP contribution in [0.25, 0.3) is 0 Å². The van der Waals surface area contributed by atoms with Gasteiger partial charge in [0.1, 0.15) is 5.84 Å². The Bertz CT molecular complexity index is 474. The zero-order valence-electron chi connectivity index (χ0n) is 11.4. The molecule has 2 aliphatic heterocycles. The van der Waals surface area contributed by atoms with Crippen molar-refractivity contribution < 1.29 is 4.74 Å². The highest BCUT2D eigenvalue weighted by atomic mass is 16.5. The van der Waals surface area contributed by atoms with Crippen LogP contribution in [-0.2, 0) is 11.3 Å². The summed E-state index contributed by atoms with van der Waals surface area (Å²) in [5, 5.41) is 8.26. The number of morpholine rings is 1. The minimum absolute atomic E-state index is 0.225. The number of benzene rings is 1. The Morgan fingerprint density at radius 2 is 2.21 bits per heavy atom. The van der Waals surface area contributed by atoms with Gasteiger partial charge in [0.15, 0.2) is 0 Å². The predicted molar refractivity (Wildman–Crippen MR) is 75.5 cm³/mol. The molecule has 0 aliphatic carbocycles. The summed E-state index contributed by atoms with van der Waals surface area (Å²) in [6.07, 6.45) is 0.225. The van der Waals surface area contributed by atoms with Gasteiger partial charge < -0.3 is 9.64 Å². The van der Waals surface area contributed by atoms with Crippen molar-refractivity contribution in [2.24, 2.45) is 0 Å². The second-order valence-electron chi connectivity index (χ2n) is 5.27. The molecule has 19 heavy (non-hydrogen) atoms. The molecule has 1 unspecified atom stereocenters. The van der Waals surface area contributed by atoms with Crippen molar-refractivity contribution in [1.82, 2.24) is 9.80 Å². The average Bonchev–Trinajstić information content (AvgIpc) is 2.76. The van der Waals surface area contributed by atoms with E-state index in [9.17, 15) is 0 Å². The number of nitrogens with zero attached hydrogens (tertiary/aromatic N) is 2. The van der Waals surface area contributed by atoms with Gasteiger partial charge in [-0.1, -0.05) is 31.2 Å². The van der Waals surface area contributed by atoms with Crippen molar-refractivity contribution in [3.05, 3.63) is 35.4 Å². The number of fused-ring (bicyclic) bond motifs is 1. The number of hydrogen-bond donors (Lipinski definition) is 1. The fraction of sp³-hybridized carbons (Fsp3) is 0.533. The SMILES string of the molecule is CCN1CCOC(CN2Cc3ccccc3C2=N)C1. The number of rotatable bonds is 3. The summed E-state index contributed by atoms with van der Waals surface area (Å²) in [7, 11) is 0. The average molecular weight is 259 g/mol. The van der Waals surface area contributed by atoms with Gasteiger partial charge in [0.05, 0.1) is 12.7 Å². The van der Waals surface area contributed by atoms with Crippen LogP contribution in [0.1, 0.15) is 18.1 Å². The lowest BCUT2D eigenvalue weighted by Gasteiger charge is -2.34. The summed E-state index contributed by atoms with van der Waals surface area (Å²) in [4.78, 5) is 4.55. The lowest BCUT2D eigenvalue weighted by Crippen LogP contribution is -2.47. The molecular formula is C15H21N3O. The van der Waals surface area contributed by atoms with Crippen LogP contribution in [-0.4, -0.2) is 54.5 Å². The van der Waals surface area contributed by atoms with Gasteiger partial charge in [-0.25, -0.2) is 0 Å². The normalized spacial score (nSPS) is 23.7. The van der Waals surface area contributed by atoms with E-state index in [-0.39, 0.29) is 6.10 Å². The summed E-state index contributed by atoms with van der Waals surface area (Å²) in [6.45, 7) is 7.77. The molecule has 4 heteroatoms. The maximum Gasteiger partial charge on any atom is 0.128 e. The third-order valence-corrected chi connectivity index (χ3v) is 4.04. The molecule has 1 saturated heterocycles. The molecule has 1 aromatic rings. The number of hydrogen-bond acceptors (Lipinski definition) is 3. The molecule has 0 amide bonds. The minimum Gasteiger partial charge on any atom is -0.374 e. The Kier molecular flexibility index (Phi) is 3.53. The summed E-state index contributed by atoms with van der Waals surface area (Å²) in [5.41, 5.74) is 2.33. The fourth-order valence-electron chi connectivity index (χ4n) is 2.92. The van der Waals surface area contributed by atoms with Crippen molar-refractivity contribution in [2.75, 3.05) is 32.8 Å². The van der Waals surface area contributed by atoms with E-state index < -0.39 is 0 Å². The molecule has 1 aromatic carbocycles. The summed E-state index contributed by atoms with van der Waals surface area (Å²) in [5.74, 6) is 0.646. The molecule has 1 fully saturated rings. The summed E-state index contributed by atoms with van der Waals surface area (Å²) in [6, 6.07) is 8.21. The predicted octanol–water partition coefficient (Wildman–Crippen LogP) is 1.55. The Morgan fingerprint density at radius 3 is 3.00 bits per heavy atom. The molecule has 4 nitrogen and oxygen atoms in total. The van der Waals surface area contributed by atoms with Crippen LogP contribution in [0.2, 0.25) is 0 Å². The molecule has 2 aliphatic rings. The zero-order chi connectivity index (χ0) is 13.2. The number of amidine groups is 1. The van der Waals surface area contributed by atoms with Crippen LogP contribution >= 0.6 is 0 Å². The monoisotopic (exact) mass is 259 g/mol. The van der Waals surface area contributed by atoms with Gasteiger partial charge >= 0.3 is 0 Å². The van der Waals surface area contributed by atoms with E-state index in [1.807, 2.05) is 18.2 Å². The lowest BCUT2D eigenvalue weighted by molar-refractivity contribution is -0.0347. The molecule has 0 spiro atoms. The van der Waals surface area contributed by atoms with Crippen LogP contribution in [0.15, 0.2) is 24.3 Å². The van der Waals surface area contributed by atoms with Gasteiger partial charge in [-0.2, -0.15) is 0 Å². The highest BCUT2D eigenvalue weighted by molar-refractivity contribution is 6.00. The first kappa shape index (κ1) is 12.6. The van der Waals surface area contributed by atoms with Crippen molar-refractivity contribution in [2.45, 2.75) is 19.6 Å². The lowest BCUT2D eigenvalue weighted by atomic mass is 10.1. The molecule has 0 bridgehead atoms. The number of likely N-dealkylation sites (N-methyl/N-ethyl adjacent to an activating group) is 1. The second-order valence-corrected chi connectivity index (χ2v) is 5.27. The molecule has 0 aromatic heterocycles. The maximum absolute atomic E-state index is 8.26. The van der Waals surface area contributed by atoms with Crippen LogP contribution in [0.5, 0.6) is 0 Å². The first-order valence-corrected chi connectivity index (χ1v) is 7.03.